The molecule has 2 saturated heterocycles. The van der Waals surface area contributed by atoms with Crippen LogP contribution in [0.1, 0.15) is 56.9 Å². The van der Waals surface area contributed by atoms with Gasteiger partial charge in [-0.2, -0.15) is 0 Å². The first-order valence-electron chi connectivity index (χ1n) is 14.9. The van der Waals surface area contributed by atoms with Crippen LogP contribution >= 0.6 is 0 Å². The number of benzene rings is 1. The van der Waals surface area contributed by atoms with Gasteiger partial charge in [-0.25, -0.2) is 9.35 Å². The summed E-state index contributed by atoms with van der Waals surface area (Å²) in [4.78, 5) is 30.1. The number of aromatic nitrogens is 2. The second-order valence-electron chi connectivity index (χ2n) is 12.3. The number of pyridine rings is 2. The average Bonchev–Trinajstić information content (AvgIpc) is 3.20. The number of carbonyl (C=O) groups is 1. The molecule has 3 aliphatic heterocycles. The minimum atomic E-state index is -0.369. The average molecular weight is 557 g/mol. The molecule has 7 nitrogen and oxygen atoms in total. The summed E-state index contributed by atoms with van der Waals surface area (Å²) >= 11 is 0. The summed E-state index contributed by atoms with van der Waals surface area (Å²) in [6, 6.07) is 9.40. The Morgan fingerprint density at radius 3 is 2.40 bits per heavy atom. The smallest absolute Gasteiger partial charge is 0.237 e. The molecule has 1 aliphatic carbocycles. The molecule has 0 atom stereocenters. The van der Waals surface area contributed by atoms with Crippen molar-refractivity contribution in [3.8, 4) is 11.1 Å². The van der Waals surface area contributed by atoms with Crippen molar-refractivity contribution in [2.24, 2.45) is 4.36 Å². The summed E-state index contributed by atoms with van der Waals surface area (Å²) in [5, 5.41) is 1.10. The molecule has 4 aliphatic rings. The Labute approximate surface area is 240 Å². The number of amides is 1. The van der Waals surface area contributed by atoms with Gasteiger partial charge in [-0.1, -0.05) is 18.9 Å². The summed E-state index contributed by atoms with van der Waals surface area (Å²) in [6.07, 6.45) is 17.7. The topological polar surface area (TPSA) is 64.9 Å². The SMILES string of the molecule is CN1C(=O)C2(CCC2)c2c1cnc1ccc(-c3cnc(N4CCC(N5CCCCC5)CC4)c(N=S(C)C)c3)cc21. The molecule has 0 N–H and O–H groups in total. The molecule has 1 aromatic carbocycles. The van der Waals surface area contributed by atoms with E-state index in [0.29, 0.717) is 6.04 Å². The van der Waals surface area contributed by atoms with Crippen molar-refractivity contribution >= 4 is 44.7 Å². The number of nitrogens with zero attached hydrogens (tertiary/aromatic N) is 6. The Hall–Kier alpha value is -2.84. The summed E-state index contributed by atoms with van der Waals surface area (Å²) in [6.45, 7) is 4.61. The molecule has 210 valence electrons. The third-order valence-electron chi connectivity index (χ3n) is 9.74. The van der Waals surface area contributed by atoms with E-state index in [4.69, 9.17) is 14.3 Å². The highest BCUT2D eigenvalue weighted by atomic mass is 32.2. The summed E-state index contributed by atoms with van der Waals surface area (Å²) < 4.78 is 5.06. The highest BCUT2D eigenvalue weighted by Gasteiger charge is 2.54. The molecule has 0 unspecified atom stereocenters. The van der Waals surface area contributed by atoms with Gasteiger partial charge >= 0.3 is 0 Å². The van der Waals surface area contributed by atoms with E-state index >= 15 is 0 Å². The van der Waals surface area contributed by atoms with Crippen LogP contribution in [0, 0.1) is 0 Å². The van der Waals surface area contributed by atoms with Gasteiger partial charge in [0.05, 0.1) is 22.8 Å². The molecule has 8 heteroatoms. The van der Waals surface area contributed by atoms with Crippen LogP contribution in [-0.4, -0.2) is 72.6 Å². The standard InChI is InChI=1S/C32H40N6OS/c1-36-28-21-33-26-9-8-22(18-25(26)29(28)32(31(36)39)12-7-13-32)23-19-27(35-40(2)3)30(34-20-23)38-16-10-24(11-17-38)37-14-5-4-6-15-37/h8-9,18-21,24H,4-7,10-17H2,1-3H3. The van der Waals surface area contributed by atoms with Crippen molar-refractivity contribution in [1.29, 1.82) is 0 Å². The minimum absolute atomic E-state index is 0.0939. The first-order chi connectivity index (χ1) is 19.4. The first-order valence-corrected chi connectivity index (χ1v) is 16.9. The van der Waals surface area contributed by atoms with Crippen LogP contribution in [0.15, 0.2) is 41.0 Å². The van der Waals surface area contributed by atoms with E-state index in [1.54, 1.807) is 0 Å². The van der Waals surface area contributed by atoms with E-state index in [1.165, 1.54) is 50.8 Å². The van der Waals surface area contributed by atoms with Crippen molar-refractivity contribution in [2.75, 3.05) is 55.5 Å². The van der Waals surface area contributed by atoms with Gasteiger partial charge < -0.3 is 14.7 Å². The van der Waals surface area contributed by atoms with Gasteiger partial charge in [0.2, 0.25) is 5.91 Å². The predicted octanol–water partition coefficient (Wildman–Crippen LogP) is 5.84. The van der Waals surface area contributed by atoms with Crippen LogP contribution in [0.4, 0.5) is 17.2 Å². The first kappa shape index (κ1) is 26.1. The molecule has 5 heterocycles. The van der Waals surface area contributed by atoms with Crippen LogP contribution in [0.3, 0.4) is 0 Å². The summed E-state index contributed by atoms with van der Waals surface area (Å²) in [7, 11) is 1.80. The normalized spacial score (nSPS) is 21.4. The zero-order chi connectivity index (χ0) is 27.4. The molecule has 1 saturated carbocycles. The van der Waals surface area contributed by atoms with E-state index in [9.17, 15) is 4.79 Å². The maximum absolute atomic E-state index is 13.3. The number of anilines is 2. The predicted molar refractivity (Wildman–Crippen MR) is 166 cm³/mol. The van der Waals surface area contributed by atoms with Gasteiger partial charge in [0, 0.05) is 48.9 Å². The number of rotatable bonds is 4. The third-order valence-corrected chi connectivity index (χ3v) is 10.3. The van der Waals surface area contributed by atoms with Gasteiger partial charge in [-0.3, -0.25) is 9.78 Å². The van der Waals surface area contributed by atoms with E-state index in [-0.39, 0.29) is 22.0 Å². The Bertz CT molecular complexity index is 1500. The van der Waals surface area contributed by atoms with Crippen LogP contribution in [-0.2, 0) is 20.9 Å². The highest BCUT2D eigenvalue weighted by Crippen LogP contribution is 2.55. The van der Waals surface area contributed by atoms with E-state index in [2.05, 4.69) is 46.6 Å². The Balaban J connectivity index is 1.22. The van der Waals surface area contributed by atoms with Crippen molar-refractivity contribution in [3.05, 3.63) is 42.2 Å². The number of likely N-dealkylation sites (tertiary alicyclic amines) is 1. The molecular weight excluding hydrogens is 516 g/mol. The number of carbonyl (C=O) groups excluding carboxylic acids is 1. The minimum Gasteiger partial charge on any atom is -0.355 e. The van der Waals surface area contributed by atoms with E-state index < -0.39 is 0 Å². The van der Waals surface area contributed by atoms with Crippen molar-refractivity contribution in [2.45, 2.75) is 62.8 Å². The molecule has 1 spiro atoms. The van der Waals surface area contributed by atoms with E-state index in [0.717, 1.165) is 71.6 Å². The highest BCUT2D eigenvalue weighted by molar-refractivity contribution is 7.85. The zero-order valence-corrected chi connectivity index (χ0v) is 24.8. The molecular formula is C32H40N6OS. The maximum Gasteiger partial charge on any atom is 0.237 e. The monoisotopic (exact) mass is 556 g/mol. The Morgan fingerprint density at radius 2 is 1.70 bits per heavy atom. The fourth-order valence-corrected chi connectivity index (χ4v) is 8.02. The molecule has 0 bridgehead atoms. The number of fused-ring (bicyclic) bond motifs is 4. The summed E-state index contributed by atoms with van der Waals surface area (Å²) in [5.74, 6) is 1.24. The number of hydrogen-bond acceptors (Lipinski definition) is 6. The van der Waals surface area contributed by atoms with Crippen molar-refractivity contribution in [3.63, 3.8) is 0 Å². The largest absolute Gasteiger partial charge is 0.355 e. The fourth-order valence-electron chi connectivity index (χ4n) is 7.49. The number of hydrogen-bond donors (Lipinski definition) is 0. The molecule has 7 rings (SSSR count). The van der Waals surface area contributed by atoms with Crippen LogP contribution in [0.2, 0.25) is 0 Å². The molecule has 40 heavy (non-hydrogen) atoms. The zero-order valence-electron chi connectivity index (χ0n) is 24.0. The van der Waals surface area contributed by atoms with Gasteiger partial charge in [-0.15, -0.1) is 10.7 Å². The molecule has 0 radical (unpaired) electrons. The third kappa shape index (κ3) is 4.26. The molecule has 3 fully saturated rings. The lowest BCUT2D eigenvalue weighted by Crippen LogP contribution is -2.46. The van der Waals surface area contributed by atoms with Crippen LogP contribution < -0.4 is 9.80 Å². The summed E-state index contributed by atoms with van der Waals surface area (Å²) in [5.41, 5.74) is 5.88. The van der Waals surface area contributed by atoms with Crippen molar-refractivity contribution < 1.29 is 4.79 Å². The fraction of sp³-hybridized carbons (Fsp3) is 0.531. The maximum atomic E-state index is 13.3. The molecule has 1 amide bonds. The van der Waals surface area contributed by atoms with E-state index in [1.807, 2.05) is 24.3 Å². The lowest BCUT2D eigenvalue weighted by Gasteiger charge is -2.40. The molecule has 3 aromatic rings. The lowest BCUT2D eigenvalue weighted by molar-refractivity contribution is -0.125. The van der Waals surface area contributed by atoms with Gasteiger partial charge in [0.1, 0.15) is 5.69 Å². The number of piperidine rings is 2. The Morgan fingerprint density at radius 1 is 0.925 bits per heavy atom. The van der Waals surface area contributed by atoms with Crippen LogP contribution in [0.5, 0.6) is 0 Å². The number of likely N-dealkylation sites (N-methyl/N-ethyl adjacent to an activating group) is 1. The quantitative estimate of drug-likeness (QED) is 0.404. The second kappa shape index (κ2) is 10.2. The van der Waals surface area contributed by atoms with Crippen molar-refractivity contribution in [1.82, 2.24) is 14.9 Å². The molecule has 2 aromatic heterocycles. The van der Waals surface area contributed by atoms with Crippen LogP contribution in [0.25, 0.3) is 22.0 Å². The van der Waals surface area contributed by atoms with Gasteiger partial charge in [0.15, 0.2) is 5.82 Å². The van der Waals surface area contributed by atoms with Gasteiger partial charge in [-0.05, 0) is 87.9 Å². The Kier molecular flexibility index (Phi) is 6.66. The van der Waals surface area contributed by atoms with Gasteiger partial charge in [0.25, 0.3) is 0 Å². The lowest BCUT2D eigenvalue weighted by atomic mass is 9.64. The second-order valence-corrected chi connectivity index (χ2v) is 14.0.